The van der Waals surface area contributed by atoms with Crippen LogP contribution in [-0.4, -0.2) is 0 Å². The first-order valence-corrected chi connectivity index (χ1v) is 6.63. The summed E-state index contributed by atoms with van der Waals surface area (Å²) in [6.07, 6.45) is 16.2. The SMILES string of the molecule is C=CCCCC(=CCCCC)CCCC. The van der Waals surface area contributed by atoms with Crippen molar-refractivity contribution < 1.29 is 0 Å². The predicted octanol–water partition coefficient (Wildman–Crippen LogP) is 5.65. The van der Waals surface area contributed by atoms with Crippen LogP contribution in [0.15, 0.2) is 24.3 Å². The van der Waals surface area contributed by atoms with Crippen LogP contribution in [0.1, 0.15) is 71.6 Å². The molecule has 0 bridgehead atoms. The molecule has 0 atom stereocenters. The van der Waals surface area contributed by atoms with E-state index < -0.39 is 0 Å². The molecule has 0 amide bonds. The lowest BCUT2D eigenvalue weighted by atomic mass is 10.0. The van der Waals surface area contributed by atoms with Gasteiger partial charge in [-0.1, -0.05) is 50.8 Å². The van der Waals surface area contributed by atoms with E-state index in [1.807, 2.05) is 6.08 Å². The third-order valence-electron chi connectivity index (χ3n) is 2.75. The Morgan fingerprint density at radius 1 is 0.933 bits per heavy atom. The van der Waals surface area contributed by atoms with E-state index in [4.69, 9.17) is 0 Å². The quantitative estimate of drug-likeness (QED) is 0.321. The lowest BCUT2D eigenvalue weighted by molar-refractivity contribution is 0.714. The standard InChI is InChI=1S/C15H28/c1-4-7-10-13-15(12-9-6-3)14-11-8-5-2/h4,14H,1,5-13H2,2-3H3. The minimum absolute atomic E-state index is 1.16. The lowest BCUT2D eigenvalue weighted by Gasteiger charge is -2.06. The third-order valence-corrected chi connectivity index (χ3v) is 2.75. The second kappa shape index (κ2) is 11.6. The summed E-state index contributed by atoms with van der Waals surface area (Å²) in [7, 11) is 0. The first-order valence-electron chi connectivity index (χ1n) is 6.63. The van der Waals surface area contributed by atoms with Gasteiger partial charge in [0.2, 0.25) is 0 Å². The van der Waals surface area contributed by atoms with Crippen LogP contribution in [0.4, 0.5) is 0 Å². The number of hydrogen-bond acceptors (Lipinski definition) is 0. The fraction of sp³-hybridized carbons (Fsp3) is 0.733. The Morgan fingerprint density at radius 2 is 1.60 bits per heavy atom. The predicted molar refractivity (Wildman–Crippen MR) is 71.2 cm³/mol. The Balaban J connectivity index is 3.81. The molecule has 88 valence electrons. The zero-order valence-electron chi connectivity index (χ0n) is 10.7. The summed E-state index contributed by atoms with van der Waals surface area (Å²) in [5, 5.41) is 0. The van der Waals surface area contributed by atoms with E-state index in [0.29, 0.717) is 0 Å². The van der Waals surface area contributed by atoms with Gasteiger partial charge in [0.25, 0.3) is 0 Å². The molecule has 0 radical (unpaired) electrons. The van der Waals surface area contributed by atoms with Gasteiger partial charge in [-0.25, -0.2) is 0 Å². The van der Waals surface area contributed by atoms with Gasteiger partial charge in [0.05, 0.1) is 0 Å². The topological polar surface area (TPSA) is 0 Å². The van der Waals surface area contributed by atoms with Crippen LogP contribution >= 0.6 is 0 Å². The summed E-state index contributed by atoms with van der Waals surface area (Å²) in [5.41, 5.74) is 1.69. The van der Waals surface area contributed by atoms with Gasteiger partial charge in [-0.3, -0.25) is 0 Å². The second-order valence-electron chi connectivity index (χ2n) is 4.29. The van der Waals surface area contributed by atoms with Gasteiger partial charge in [0, 0.05) is 0 Å². The van der Waals surface area contributed by atoms with Gasteiger partial charge < -0.3 is 0 Å². The van der Waals surface area contributed by atoms with Crippen LogP contribution in [0.3, 0.4) is 0 Å². The summed E-state index contributed by atoms with van der Waals surface area (Å²) in [6.45, 7) is 8.31. The minimum atomic E-state index is 1.16. The molecule has 0 spiro atoms. The van der Waals surface area contributed by atoms with E-state index in [0.717, 1.165) is 6.42 Å². The molecule has 0 aromatic heterocycles. The van der Waals surface area contributed by atoms with Crippen LogP contribution in [0.2, 0.25) is 0 Å². The maximum absolute atomic E-state index is 3.78. The fourth-order valence-electron chi connectivity index (χ4n) is 1.72. The summed E-state index contributed by atoms with van der Waals surface area (Å²) in [6, 6.07) is 0. The molecule has 0 heteroatoms. The highest BCUT2D eigenvalue weighted by molar-refractivity contribution is 5.02. The molecule has 0 saturated heterocycles. The smallest absolute Gasteiger partial charge is 0.0317 e. The van der Waals surface area contributed by atoms with Crippen molar-refractivity contribution >= 4 is 0 Å². The Hall–Kier alpha value is -0.520. The van der Waals surface area contributed by atoms with Gasteiger partial charge in [0.15, 0.2) is 0 Å². The number of unbranched alkanes of at least 4 members (excludes halogenated alkanes) is 4. The second-order valence-corrected chi connectivity index (χ2v) is 4.29. The summed E-state index contributed by atoms with van der Waals surface area (Å²) in [4.78, 5) is 0. The molecule has 0 nitrogen and oxygen atoms in total. The van der Waals surface area contributed by atoms with Crippen molar-refractivity contribution in [2.24, 2.45) is 0 Å². The van der Waals surface area contributed by atoms with E-state index >= 15 is 0 Å². The number of hydrogen-bond donors (Lipinski definition) is 0. The third kappa shape index (κ3) is 9.78. The van der Waals surface area contributed by atoms with Crippen molar-refractivity contribution in [1.82, 2.24) is 0 Å². The largest absolute Gasteiger partial charge is 0.103 e. The number of allylic oxidation sites excluding steroid dienone is 3. The average molecular weight is 208 g/mol. The molecule has 0 fully saturated rings. The molecule has 0 aliphatic heterocycles. The summed E-state index contributed by atoms with van der Waals surface area (Å²) in [5.74, 6) is 0. The van der Waals surface area contributed by atoms with Gasteiger partial charge in [-0.05, 0) is 38.5 Å². The van der Waals surface area contributed by atoms with Crippen molar-refractivity contribution in [3.05, 3.63) is 24.3 Å². The molecule has 0 N–H and O–H groups in total. The average Bonchev–Trinajstić information content (AvgIpc) is 2.25. The van der Waals surface area contributed by atoms with Gasteiger partial charge >= 0.3 is 0 Å². The molecule has 0 heterocycles. The molecule has 0 saturated carbocycles. The van der Waals surface area contributed by atoms with Crippen LogP contribution in [-0.2, 0) is 0 Å². The zero-order chi connectivity index (χ0) is 11.4. The van der Waals surface area contributed by atoms with Gasteiger partial charge in [0.1, 0.15) is 0 Å². The van der Waals surface area contributed by atoms with Crippen molar-refractivity contribution in [1.29, 1.82) is 0 Å². The van der Waals surface area contributed by atoms with Gasteiger partial charge in [-0.2, -0.15) is 0 Å². The normalized spacial score (nSPS) is 11.7. The Kier molecular flexibility index (Phi) is 11.2. The van der Waals surface area contributed by atoms with Crippen molar-refractivity contribution in [2.75, 3.05) is 0 Å². The van der Waals surface area contributed by atoms with Crippen molar-refractivity contribution in [3.8, 4) is 0 Å². The molecule has 0 rings (SSSR count). The molecule has 0 aliphatic rings. The van der Waals surface area contributed by atoms with Crippen molar-refractivity contribution in [3.63, 3.8) is 0 Å². The van der Waals surface area contributed by atoms with E-state index in [1.54, 1.807) is 5.57 Å². The van der Waals surface area contributed by atoms with E-state index in [2.05, 4.69) is 26.5 Å². The molecule has 0 aliphatic carbocycles. The molecule has 15 heavy (non-hydrogen) atoms. The summed E-state index contributed by atoms with van der Waals surface area (Å²) >= 11 is 0. The first-order chi connectivity index (χ1) is 7.35. The highest BCUT2D eigenvalue weighted by Crippen LogP contribution is 2.16. The zero-order valence-corrected chi connectivity index (χ0v) is 10.7. The Morgan fingerprint density at radius 3 is 2.20 bits per heavy atom. The van der Waals surface area contributed by atoms with E-state index in [1.165, 1.54) is 51.4 Å². The maximum atomic E-state index is 3.78. The lowest BCUT2D eigenvalue weighted by Crippen LogP contribution is -1.86. The maximum Gasteiger partial charge on any atom is -0.0317 e. The molecular formula is C15H28. The Labute approximate surface area is 96.5 Å². The van der Waals surface area contributed by atoms with Crippen molar-refractivity contribution in [2.45, 2.75) is 71.6 Å². The Bertz CT molecular complexity index is 165. The van der Waals surface area contributed by atoms with Gasteiger partial charge in [-0.15, -0.1) is 6.58 Å². The van der Waals surface area contributed by atoms with Crippen LogP contribution < -0.4 is 0 Å². The first kappa shape index (κ1) is 14.5. The highest BCUT2D eigenvalue weighted by atomic mass is 14.0. The van der Waals surface area contributed by atoms with Crippen LogP contribution in [0.25, 0.3) is 0 Å². The van der Waals surface area contributed by atoms with E-state index in [9.17, 15) is 0 Å². The molecule has 0 aromatic rings. The van der Waals surface area contributed by atoms with Crippen LogP contribution in [0.5, 0.6) is 0 Å². The summed E-state index contributed by atoms with van der Waals surface area (Å²) < 4.78 is 0. The number of rotatable bonds is 10. The molecular weight excluding hydrogens is 180 g/mol. The monoisotopic (exact) mass is 208 g/mol. The fourth-order valence-corrected chi connectivity index (χ4v) is 1.72. The van der Waals surface area contributed by atoms with E-state index in [-0.39, 0.29) is 0 Å². The molecule has 0 aromatic carbocycles. The highest BCUT2D eigenvalue weighted by Gasteiger charge is 1.96. The minimum Gasteiger partial charge on any atom is -0.103 e. The van der Waals surface area contributed by atoms with Crippen LogP contribution in [0, 0.1) is 0 Å². The molecule has 0 unspecified atom stereocenters.